The van der Waals surface area contributed by atoms with Gasteiger partial charge in [-0.15, -0.1) is 11.3 Å². The zero-order chi connectivity index (χ0) is 23.7. The zero-order valence-corrected chi connectivity index (χ0v) is 18.7. The molecule has 3 aromatic heterocycles. The third-order valence-corrected chi connectivity index (χ3v) is 5.90. The molecule has 2 aromatic carbocycles. The maximum Gasteiger partial charge on any atom is 0.275 e. The summed E-state index contributed by atoms with van der Waals surface area (Å²) < 4.78 is 7.40. The van der Waals surface area contributed by atoms with Gasteiger partial charge in [0.2, 0.25) is 0 Å². The van der Waals surface area contributed by atoms with Crippen molar-refractivity contribution in [1.82, 2.24) is 14.6 Å². The van der Waals surface area contributed by atoms with Crippen molar-refractivity contribution in [2.24, 2.45) is 0 Å². The molecule has 0 radical (unpaired) electrons. The summed E-state index contributed by atoms with van der Waals surface area (Å²) >= 11 is 1.55. The molecule has 0 aliphatic heterocycles. The highest BCUT2D eigenvalue weighted by Gasteiger charge is 2.19. The van der Waals surface area contributed by atoms with Gasteiger partial charge in [-0.1, -0.05) is 18.2 Å². The summed E-state index contributed by atoms with van der Waals surface area (Å²) in [5.74, 6) is 0.270. The molecule has 1 amide bonds. The minimum absolute atomic E-state index is 0.210. The van der Waals surface area contributed by atoms with E-state index in [1.165, 1.54) is 24.4 Å². The molecule has 5 aromatic rings. The normalized spacial score (nSPS) is 10.9. The Kier molecular flexibility index (Phi) is 5.48. The molecule has 0 aliphatic carbocycles. The second kappa shape index (κ2) is 8.75. The molecule has 0 spiro atoms. The number of carbonyl (C=O) groups excluding carboxylic acids is 1. The number of carbonyl (C=O) groups is 1. The number of rotatable bonds is 6. The van der Waals surface area contributed by atoms with Crippen LogP contribution < -0.4 is 10.1 Å². The highest BCUT2D eigenvalue weighted by molar-refractivity contribution is 7.13. The van der Waals surface area contributed by atoms with Crippen molar-refractivity contribution >= 4 is 34.3 Å². The minimum atomic E-state index is -0.539. The van der Waals surface area contributed by atoms with E-state index in [1.54, 1.807) is 28.1 Å². The molecule has 0 fully saturated rings. The molecular formula is C24H17N5O4S. The van der Waals surface area contributed by atoms with Crippen LogP contribution in [0.15, 0.2) is 78.4 Å². The van der Waals surface area contributed by atoms with Gasteiger partial charge in [0.25, 0.3) is 11.6 Å². The summed E-state index contributed by atoms with van der Waals surface area (Å²) in [7, 11) is 0. The lowest BCUT2D eigenvalue weighted by atomic mass is 10.2. The van der Waals surface area contributed by atoms with E-state index in [9.17, 15) is 14.9 Å². The Morgan fingerprint density at radius 3 is 2.76 bits per heavy atom. The number of amides is 1. The van der Waals surface area contributed by atoms with Gasteiger partial charge in [0, 0.05) is 18.3 Å². The molecule has 0 unspecified atom stereocenters. The highest BCUT2D eigenvalue weighted by atomic mass is 32.1. The number of nitrogens with zero attached hydrogens (tertiary/aromatic N) is 4. The number of fused-ring (bicyclic) bond motifs is 1. The Labute approximate surface area is 197 Å². The van der Waals surface area contributed by atoms with Crippen LogP contribution in [0.5, 0.6) is 11.5 Å². The van der Waals surface area contributed by atoms with E-state index in [0.717, 1.165) is 16.1 Å². The van der Waals surface area contributed by atoms with Crippen LogP contribution in [0.1, 0.15) is 15.9 Å². The number of thiophene rings is 1. The maximum absolute atomic E-state index is 13.1. The standard InChI is InChI=1S/C24H17N5O4S/c1-15-4-2-5-18(10-15)33-19-12-16(11-17(13-19)29(31)32)27-24(30)20-14-26-28-21(7-8-25-23(20)28)22-6-3-9-34-22/h2-14H,1H3,(H,27,30). The van der Waals surface area contributed by atoms with Crippen molar-refractivity contribution in [3.8, 4) is 22.1 Å². The summed E-state index contributed by atoms with van der Waals surface area (Å²) in [6, 6.07) is 17.1. The van der Waals surface area contributed by atoms with Crippen molar-refractivity contribution in [2.75, 3.05) is 5.32 Å². The van der Waals surface area contributed by atoms with Crippen LogP contribution in [-0.2, 0) is 0 Å². The molecule has 5 rings (SSSR count). The third-order valence-electron chi connectivity index (χ3n) is 5.00. The predicted molar refractivity (Wildman–Crippen MR) is 129 cm³/mol. The van der Waals surface area contributed by atoms with E-state index in [0.29, 0.717) is 11.4 Å². The fraction of sp³-hybridized carbons (Fsp3) is 0.0417. The molecule has 9 nitrogen and oxygen atoms in total. The fourth-order valence-electron chi connectivity index (χ4n) is 3.50. The van der Waals surface area contributed by atoms with E-state index in [-0.39, 0.29) is 22.7 Å². The molecule has 0 saturated carbocycles. The van der Waals surface area contributed by atoms with Crippen LogP contribution in [-0.4, -0.2) is 25.4 Å². The predicted octanol–water partition coefficient (Wildman–Crippen LogP) is 5.72. The molecule has 34 heavy (non-hydrogen) atoms. The Bertz CT molecular complexity index is 1530. The number of hydrogen-bond donors (Lipinski definition) is 1. The first kappa shape index (κ1) is 21.3. The first-order chi connectivity index (χ1) is 16.5. The summed E-state index contributed by atoms with van der Waals surface area (Å²) in [6.45, 7) is 1.92. The molecule has 0 saturated heterocycles. The first-order valence-corrected chi connectivity index (χ1v) is 11.1. The third kappa shape index (κ3) is 4.21. The average Bonchev–Trinajstić information content (AvgIpc) is 3.49. The van der Waals surface area contributed by atoms with Crippen LogP contribution in [0.2, 0.25) is 0 Å². The topological polar surface area (TPSA) is 112 Å². The molecule has 0 aliphatic rings. The van der Waals surface area contributed by atoms with Gasteiger partial charge < -0.3 is 10.1 Å². The highest BCUT2D eigenvalue weighted by Crippen LogP contribution is 2.31. The van der Waals surface area contributed by atoms with Crippen molar-refractivity contribution in [1.29, 1.82) is 0 Å². The van der Waals surface area contributed by atoms with Gasteiger partial charge in [-0.25, -0.2) is 9.50 Å². The maximum atomic E-state index is 13.1. The van der Waals surface area contributed by atoms with Gasteiger partial charge in [-0.3, -0.25) is 14.9 Å². The summed E-state index contributed by atoms with van der Waals surface area (Å²) in [5, 5.41) is 20.5. The van der Waals surface area contributed by atoms with E-state index in [4.69, 9.17) is 4.74 Å². The molecule has 0 atom stereocenters. The fourth-order valence-corrected chi connectivity index (χ4v) is 4.23. The number of nitro groups is 1. The Morgan fingerprint density at radius 2 is 2.00 bits per heavy atom. The van der Waals surface area contributed by atoms with E-state index >= 15 is 0 Å². The number of aryl methyl sites for hydroxylation is 1. The lowest BCUT2D eigenvalue weighted by Crippen LogP contribution is -2.12. The monoisotopic (exact) mass is 471 g/mol. The van der Waals surface area contributed by atoms with Gasteiger partial charge in [0.05, 0.1) is 33.4 Å². The minimum Gasteiger partial charge on any atom is -0.457 e. The smallest absolute Gasteiger partial charge is 0.275 e. The van der Waals surface area contributed by atoms with Crippen molar-refractivity contribution in [2.45, 2.75) is 6.92 Å². The molecule has 3 heterocycles. The second-order valence-corrected chi connectivity index (χ2v) is 8.39. The SMILES string of the molecule is Cc1cccc(Oc2cc(NC(=O)c3cnn4c(-c5cccs5)ccnc34)cc([N+](=O)[O-])c2)c1. The Balaban J connectivity index is 1.46. The lowest BCUT2D eigenvalue weighted by molar-refractivity contribution is -0.384. The lowest BCUT2D eigenvalue weighted by Gasteiger charge is -2.10. The molecule has 1 N–H and O–H groups in total. The van der Waals surface area contributed by atoms with Crippen LogP contribution in [0.4, 0.5) is 11.4 Å². The van der Waals surface area contributed by atoms with Crippen LogP contribution in [0, 0.1) is 17.0 Å². The van der Waals surface area contributed by atoms with Crippen molar-refractivity contribution in [3.63, 3.8) is 0 Å². The second-order valence-electron chi connectivity index (χ2n) is 7.45. The number of hydrogen-bond acceptors (Lipinski definition) is 7. The molecule has 168 valence electrons. The van der Waals surface area contributed by atoms with E-state index in [2.05, 4.69) is 15.4 Å². The van der Waals surface area contributed by atoms with Crippen molar-refractivity contribution in [3.05, 3.63) is 99.7 Å². The Hall–Kier alpha value is -4.57. The van der Waals surface area contributed by atoms with Crippen LogP contribution >= 0.6 is 11.3 Å². The number of ether oxygens (including phenoxy) is 1. The summed E-state index contributed by atoms with van der Waals surface area (Å²) in [6.07, 6.45) is 3.04. The van der Waals surface area contributed by atoms with E-state index in [1.807, 2.05) is 48.7 Å². The van der Waals surface area contributed by atoms with Gasteiger partial charge in [-0.2, -0.15) is 5.10 Å². The number of nitro benzene ring substituents is 1. The van der Waals surface area contributed by atoms with Gasteiger partial charge in [0.1, 0.15) is 17.1 Å². The van der Waals surface area contributed by atoms with Crippen molar-refractivity contribution < 1.29 is 14.5 Å². The van der Waals surface area contributed by atoms with Gasteiger partial charge in [-0.05, 0) is 42.1 Å². The molecule has 10 heteroatoms. The van der Waals surface area contributed by atoms with Crippen LogP contribution in [0.25, 0.3) is 16.2 Å². The van der Waals surface area contributed by atoms with Gasteiger partial charge >= 0.3 is 0 Å². The molecule has 0 bridgehead atoms. The number of non-ortho nitro benzene ring substituents is 1. The Morgan fingerprint density at radius 1 is 1.12 bits per heavy atom. The number of nitrogens with one attached hydrogen (secondary N) is 1. The number of aromatic nitrogens is 3. The number of benzene rings is 2. The van der Waals surface area contributed by atoms with Crippen LogP contribution in [0.3, 0.4) is 0 Å². The first-order valence-electron chi connectivity index (χ1n) is 10.2. The largest absolute Gasteiger partial charge is 0.457 e. The number of anilines is 1. The summed E-state index contributed by atoms with van der Waals surface area (Å²) in [5.41, 5.74) is 2.42. The summed E-state index contributed by atoms with van der Waals surface area (Å²) in [4.78, 5) is 29.3. The quantitative estimate of drug-likeness (QED) is 0.250. The zero-order valence-electron chi connectivity index (χ0n) is 17.8. The average molecular weight is 471 g/mol. The molecular weight excluding hydrogens is 454 g/mol. The van der Waals surface area contributed by atoms with Gasteiger partial charge in [0.15, 0.2) is 5.65 Å². The van der Waals surface area contributed by atoms with E-state index < -0.39 is 10.8 Å².